The van der Waals surface area contributed by atoms with Crippen LogP contribution >= 0.6 is 0 Å². The van der Waals surface area contributed by atoms with E-state index in [0.29, 0.717) is 0 Å². The van der Waals surface area contributed by atoms with Crippen LogP contribution in [0, 0.1) is 5.82 Å². The van der Waals surface area contributed by atoms with Crippen molar-refractivity contribution in [1.82, 2.24) is 0 Å². The zero-order valence-corrected chi connectivity index (χ0v) is 9.79. The van der Waals surface area contributed by atoms with Gasteiger partial charge < -0.3 is 10.5 Å². The zero-order valence-electron chi connectivity index (χ0n) is 9.79. The minimum absolute atomic E-state index is 0.0714. The number of halogens is 3. The Hall–Kier alpha value is -1.56. The Balaban J connectivity index is 2.61. The Morgan fingerprint density at radius 1 is 1.33 bits per heavy atom. The quantitative estimate of drug-likeness (QED) is 0.838. The van der Waals surface area contributed by atoms with Gasteiger partial charge in [-0.2, -0.15) is 0 Å². The highest BCUT2D eigenvalue weighted by atomic mass is 19.3. The van der Waals surface area contributed by atoms with Crippen LogP contribution in [0.25, 0.3) is 0 Å². The van der Waals surface area contributed by atoms with Crippen LogP contribution in [0.1, 0.15) is 12.5 Å². The van der Waals surface area contributed by atoms with Gasteiger partial charge in [0.15, 0.2) is 5.54 Å². The fraction of sp³-hybridized carbons (Fsp3) is 0.417. The van der Waals surface area contributed by atoms with E-state index in [1.165, 1.54) is 18.2 Å². The molecular weight excluding hydrogens is 245 g/mol. The van der Waals surface area contributed by atoms with Gasteiger partial charge in [0.1, 0.15) is 24.9 Å². The van der Waals surface area contributed by atoms with E-state index >= 15 is 0 Å². The molecule has 1 aliphatic heterocycles. The molecule has 0 aliphatic carbocycles. The molecule has 1 aromatic rings. The van der Waals surface area contributed by atoms with Crippen LogP contribution in [0.4, 0.5) is 13.2 Å². The van der Waals surface area contributed by atoms with Gasteiger partial charge in [-0.3, -0.25) is 4.99 Å². The fourth-order valence-corrected chi connectivity index (χ4v) is 1.94. The lowest BCUT2D eigenvalue weighted by molar-refractivity contribution is -0.116. The van der Waals surface area contributed by atoms with Gasteiger partial charge >= 0.3 is 0 Å². The van der Waals surface area contributed by atoms with Gasteiger partial charge in [0.2, 0.25) is 0 Å². The molecule has 2 rings (SSSR count). The smallest absolute Gasteiger partial charge is 0.299 e. The Morgan fingerprint density at radius 2 is 2.00 bits per heavy atom. The standard InChI is InChI=1S/C12H13F3N2O/c1-11(8-4-2-3-5-9(8)13)12(14,15)7-18-6-10(16)17-11/h2-5H,6-7H2,1H3,(H2,16,17)/t11-/m1/s1. The van der Waals surface area contributed by atoms with Crippen molar-refractivity contribution >= 4 is 5.84 Å². The highest BCUT2D eigenvalue weighted by molar-refractivity contribution is 5.82. The number of nitrogens with zero attached hydrogens (tertiary/aromatic N) is 1. The van der Waals surface area contributed by atoms with Crippen LogP contribution in [0.5, 0.6) is 0 Å². The van der Waals surface area contributed by atoms with Gasteiger partial charge in [-0.15, -0.1) is 0 Å². The first-order valence-corrected chi connectivity index (χ1v) is 5.41. The van der Waals surface area contributed by atoms with E-state index in [1.807, 2.05) is 0 Å². The third-order valence-electron chi connectivity index (χ3n) is 3.01. The van der Waals surface area contributed by atoms with Crippen molar-refractivity contribution in [1.29, 1.82) is 0 Å². The number of rotatable bonds is 1. The molecule has 0 fully saturated rings. The molecule has 0 saturated heterocycles. The van der Waals surface area contributed by atoms with Gasteiger partial charge in [0.25, 0.3) is 5.92 Å². The van der Waals surface area contributed by atoms with Gasteiger partial charge in [-0.25, -0.2) is 13.2 Å². The summed E-state index contributed by atoms with van der Waals surface area (Å²) in [6.07, 6.45) is 0. The first-order chi connectivity index (χ1) is 8.37. The summed E-state index contributed by atoms with van der Waals surface area (Å²) < 4.78 is 46.7. The van der Waals surface area contributed by atoms with Gasteiger partial charge in [0, 0.05) is 5.56 Å². The number of alkyl halides is 2. The lowest BCUT2D eigenvalue weighted by Crippen LogP contribution is -2.45. The van der Waals surface area contributed by atoms with Crippen molar-refractivity contribution in [3.05, 3.63) is 35.6 Å². The van der Waals surface area contributed by atoms with Crippen molar-refractivity contribution in [2.75, 3.05) is 13.2 Å². The van der Waals surface area contributed by atoms with Crippen LogP contribution in [-0.4, -0.2) is 25.0 Å². The molecule has 1 aromatic carbocycles. The number of aliphatic imine (C=N–C) groups is 1. The Bertz CT molecular complexity index is 490. The Morgan fingerprint density at radius 3 is 2.67 bits per heavy atom. The number of hydrogen-bond acceptors (Lipinski definition) is 3. The number of amidine groups is 1. The second kappa shape index (κ2) is 4.28. The molecule has 3 nitrogen and oxygen atoms in total. The van der Waals surface area contributed by atoms with Crippen molar-refractivity contribution < 1.29 is 17.9 Å². The highest BCUT2D eigenvalue weighted by Gasteiger charge is 2.54. The minimum Gasteiger partial charge on any atom is -0.385 e. The maximum absolute atomic E-state index is 14.1. The molecule has 18 heavy (non-hydrogen) atoms. The summed E-state index contributed by atoms with van der Waals surface area (Å²) in [5.74, 6) is -4.15. The summed E-state index contributed by atoms with van der Waals surface area (Å²) in [7, 11) is 0. The Labute approximate surface area is 102 Å². The molecule has 0 unspecified atom stereocenters. The molecule has 2 N–H and O–H groups in total. The summed E-state index contributed by atoms with van der Waals surface area (Å²) in [4.78, 5) is 3.77. The van der Waals surface area contributed by atoms with Gasteiger partial charge in [0.05, 0.1) is 0 Å². The van der Waals surface area contributed by atoms with E-state index in [0.717, 1.165) is 13.0 Å². The van der Waals surface area contributed by atoms with Crippen molar-refractivity contribution in [3.63, 3.8) is 0 Å². The maximum Gasteiger partial charge on any atom is 0.299 e. The lowest BCUT2D eigenvalue weighted by atomic mass is 9.86. The van der Waals surface area contributed by atoms with Gasteiger partial charge in [-0.1, -0.05) is 18.2 Å². The monoisotopic (exact) mass is 258 g/mol. The third kappa shape index (κ3) is 1.96. The van der Waals surface area contributed by atoms with Crippen molar-refractivity contribution in [2.24, 2.45) is 10.7 Å². The normalized spacial score (nSPS) is 27.4. The minimum atomic E-state index is -3.34. The molecule has 6 heteroatoms. The molecule has 0 bridgehead atoms. The molecule has 0 aromatic heterocycles. The first-order valence-electron chi connectivity index (χ1n) is 5.41. The SMILES string of the molecule is C[C@]1(c2ccccc2F)N=C(N)COCC1(F)F. The van der Waals surface area contributed by atoms with Crippen LogP contribution in [0.3, 0.4) is 0 Å². The second-order valence-electron chi connectivity index (χ2n) is 4.35. The van der Waals surface area contributed by atoms with E-state index in [9.17, 15) is 13.2 Å². The number of nitrogens with two attached hydrogens (primary N) is 1. The summed E-state index contributed by atoms with van der Waals surface area (Å²) in [6, 6.07) is 5.32. The van der Waals surface area contributed by atoms with E-state index in [4.69, 9.17) is 10.5 Å². The van der Waals surface area contributed by atoms with Crippen LogP contribution in [0.15, 0.2) is 29.3 Å². The van der Waals surface area contributed by atoms with Crippen molar-refractivity contribution in [3.8, 4) is 0 Å². The molecular formula is C12H13F3N2O. The summed E-state index contributed by atoms with van der Waals surface area (Å²) in [6.45, 7) is 0.134. The predicted molar refractivity (Wildman–Crippen MR) is 61.1 cm³/mol. The Kier molecular flexibility index (Phi) is 3.06. The largest absolute Gasteiger partial charge is 0.385 e. The molecule has 1 atom stereocenters. The molecule has 0 radical (unpaired) electrons. The van der Waals surface area contributed by atoms with E-state index in [-0.39, 0.29) is 18.0 Å². The molecule has 0 spiro atoms. The van der Waals surface area contributed by atoms with E-state index < -0.39 is 23.9 Å². The average molecular weight is 258 g/mol. The number of benzene rings is 1. The van der Waals surface area contributed by atoms with E-state index in [1.54, 1.807) is 0 Å². The van der Waals surface area contributed by atoms with E-state index in [2.05, 4.69) is 4.99 Å². The van der Waals surface area contributed by atoms with Crippen LogP contribution in [0.2, 0.25) is 0 Å². The molecule has 98 valence electrons. The first kappa shape index (κ1) is 12.9. The zero-order chi connectivity index (χ0) is 13.4. The third-order valence-corrected chi connectivity index (χ3v) is 3.01. The highest BCUT2D eigenvalue weighted by Crippen LogP contribution is 2.43. The summed E-state index contributed by atoms with van der Waals surface area (Å²) in [5, 5.41) is 0. The maximum atomic E-state index is 14.1. The molecule has 1 aliphatic rings. The predicted octanol–water partition coefficient (Wildman–Crippen LogP) is 2.06. The number of hydrogen-bond donors (Lipinski definition) is 1. The lowest BCUT2D eigenvalue weighted by Gasteiger charge is -2.32. The summed E-state index contributed by atoms with van der Waals surface area (Å²) in [5.41, 5.74) is 3.24. The molecule has 1 heterocycles. The topological polar surface area (TPSA) is 47.6 Å². The second-order valence-corrected chi connectivity index (χ2v) is 4.35. The fourth-order valence-electron chi connectivity index (χ4n) is 1.94. The molecule has 0 saturated carbocycles. The van der Waals surface area contributed by atoms with Crippen LogP contribution in [-0.2, 0) is 10.3 Å². The average Bonchev–Trinajstić information content (AvgIpc) is 2.37. The van der Waals surface area contributed by atoms with Crippen LogP contribution < -0.4 is 5.73 Å². The van der Waals surface area contributed by atoms with Gasteiger partial charge in [-0.05, 0) is 13.0 Å². The number of ether oxygens (including phenoxy) is 1. The summed E-state index contributed by atoms with van der Waals surface area (Å²) >= 11 is 0. The molecule has 0 amide bonds. The van der Waals surface area contributed by atoms with Crippen molar-refractivity contribution in [2.45, 2.75) is 18.4 Å².